The summed E-state index contributed by atoms with van der Waals surface area (Å²) in [6.07, 6.45) is -2.33. The molecule has 0 saturated carbocycles. The summed E-state index contributed by atoms with van der Waals surface area (Å²) in [5, 5.41) is 0. The lowest BCUT2D eigenvalue weighted by Gasteiger charge is -2.12. The maximum Gasteiger partial charge on any atom is 0.313 e. The normalized spacial score (nSPS) is 22.4. The topological polar surface area (TPSA) is 95.7 Å². The molecule has 0 aromatic heterocycles. The fraction of sp³-hybridized carbons (Fsp3) is 0.211. The van der Waals surface area contributed by atoms with Crippen molar-refractivity contribution in [3.63, 3.8) is 0 Å². The molecule has 6 nitrogen and oxygen atoms in total. The molecular weight excluding hydrogens is 354 g/mol. The molecule has 1 atom stereocenters. The number of ether oxygens (including phenoxy) is 1. The zero-order valence-corrected chi connectivity index (χ0v) is 15.0. The number of carbonyl (C=O) groups is 1. The molecule has 0 unspecified atom stereocenters. The van der Waals surface area contributed by atoms with E-state index in [1.54, 1.807) is 32.0 Å². The van der Waals surface area contributed by atoms with Crippen LogP contribution in [0.4, 0.5) is 0 Å². The van der Waals surface area contributed by atoms with Gasteiger partial charge in [-0.05, 0) is 19.4 Å². The third-order valence-corrected chi connectivity index (χ3v) is 4.41. The number of benzene rings is 2. The van der Waals surface area contributed by atoms with Gasteiger partial charge >= 0.3 is 10.1 Å². The third kappa shape index (κ3) is 3.88. The lowest BCUT2D eigenvalue weighted by Crippen LogP contribution is -2.16. The van der Waals surface area contributed by atoms with Crippen molar-refractivity contribution in [2.75, 3.05) is 0 Å². The Morgan fingerprint density at radius 1 is 1.19 bits per heavy atom. The molecule has 2 N–H and O–H groups in total. The number of rotatable bonds is 5. The Balaban J connectivity index is 1.96. The Hall–Kier alpha value is -2.80. The average molecular weight is 376 g/mol. The van der Waals surface area contributed by atoms with E-state index < -0.39 is 39.3 Å². The van der Waals surface area contributed by atoms with Gasteiger partial charge in [-0.25, -0.2) is 0 Å². The minimum absolute atomic E-state index is 0.157. The Kier molecular flexibility index (Phi) is 3.78. The Morgan fingerprint density at radius 3 is 2.42 bits per heavy atom. The fourth-order valence-corrected chi connectivity index (χ4v) is 3.42. The van der Waals surface area contributed by atoms with E-state index in [4.69, 9.17) is 18.8 Å². The van der Waals surface area contributed by atoms with Crippen molar-refractivity contribution >= 4 is 15.9 Å². The van der Waals surface area contributed by atoms with E-state index in [0.29, 0.717) is 0 Å². The van der Waals surface area contributed by atoms with Crippen molar-refractivity contribution in [2.24, 2.45) is 5.73 Å². The summed E-state index contributed by atoms with van der Waals surface area (Å²) in [5.41, 5.74) is 4.20. The maximum atomic E-state index is 12.8. The van der Waals surface area contributed by atoms with Crippen molar-refractivity contribution in [1.29, 1.82) is 0 Å². The molecule has 0 spiro atoms. The molecule has 1 aliphatic rings. The second-order valence-corrected chi connectivity index (χ2v) is 7.11. The molecule has 1 heterocycles. The Morgan fingerprint density at radius 2 is 1.81 bits per heavy atom. The van der Waals surface area contributed by atoms with Gasteiger partial charge in [0.1, 0.15) is 5.70 Å². The summed E-state index contributed by atoms with van der Waals surface area (Å²) < 4.78 is 59.6. The van der Waals surface area contributed by atoms with E-state index in [1.165, 1.54) is 24.3 Å². The van der Waals surface area contributed by atoms with Crippen LogP contribution in [0, 0.1) is 13.8 Å². The van der Waals surface area contributed by atoms with Gasteiger partial charge < -0.3 is 14.7 Å². The van der Waals surface area contributed by atoms with E-state index in [-0.39, 0.29) is 11.1 Å². The number of ketones is 1. The lowest BCUT2D eigenvalue weighted by molar-refractivity contribution is -0.123. The lowest BCUT2D eigenvalue weighted by atomic mass is 10.0. The fourth-order valence-electron chi connectivity index (χ4n) is 2.57. The molecule has 0 fully saturated rings. The summed E-state index contributed by atoms with van der Waals surface area (Å²) in [7, 11) is -5.00. The van der Waals surface area contributed by atoms with E-state index in [9.17, 15) is 13.2 Å². The number of aryl methyl sites for hydroxylation is 2. The highest BCUT2D eigenvalue weighted by molar-refractivity contribution is 7.86. The minimum Gasteiger partial charge on any atom is -0.460 e. The number of nitrogens with two attached hydrogens (primary N) is 1. The standard InChI is InChI=1S/C19H19NO5S/c1-12-8-13(2)10-15(9-12)17-16(21)18(19(20)24-17)25-26(22,23)11-14-6-4-3-5-7-14/h3-10,17H,11,20H2,1-2H3/t17-/m0/s1/i11D2,17D. The Bertz CT molecular complexity index is 1100. The van der Waals surface area contributed by atoms with Gasteiger partial charge in [-0.15, -0.1) is 0 Å². The smallest absolute Gasteiger partial charge is 0.313 e. The zero-order chi connectivity index (χ0) is 21.6. The molecule has 2 aromatic carbocycles. The average Bonchev–Trinajstić information content (AvgIpc) is 2.85. The number of carbonyl (C=O) groups excluding carboxylic acids is 1. The molecule has 26 heavy (non-hydrogen) atoms. The van der Waals surface area contributed by atoms with Crippen molar-refractivity contribution in [1.82, 2.24) is 0 Å². The van der Waals surface area contributed by atoms with Crippen LogP contribution in [0.25, 0.3) is 0 Å². The van der Waals surface area contributed by atoms with Gasteiger partial charge in [0.15, 0.2) is 6.08 Å². The first-order chi connectivity index (χ1) is 13.4. The van der Waals surface area contributed by atoms with Gasteiger partial charge in [-0.2, -0.15) is 8.42 Å². The molecule has 1 aliphatic heterocycles. The number of Topliss-reactive ketones (excluding diaryl/α,β-unsaturated/α-hetero) is 1. The molecule has 0 aliphatic carbocycles. The molecule has 2 aromatic rings. The van der Waals surface area contributed by atoms with Crippen molar-refractivity contribution in [2.45, 2.75) is 25.6 Å². The summed E-state index contributed by atoms with van der Waals surface area (Å²) in [5.74, 6) is -2.75. The molecular formula is C19H19NO5S. The van der Waals surface area contributed by atoms with Gasteiger partial charge in [-0.1, -0.05) is 59.7 Å². The number of hydrogen-bond donors (Lipinski definition) is 1. The molecule has 0 bridgehead atoms. The number of hydrogen-bond acceptors (Lipinski definition) is 6. The molecule has 136 valence electrons. The van der Waals surface area contributed by atoms with Gasteiger partial charge in [0.05, 0.1) is 4.11 Å². The van der Waals surface area contributed by atoms with Crippen molar-refractivity contribution in [3.05, 3.63) is 82.4 Å². The third-order valence-electron chi connectivity index (χ3n) is 3.54. The summed E-state index contributed by atoms with van der Waals surface area (Å²) in [6, 6.07) is 12.0. The van der Waals surface area contributed by atoms with E-state index in [2.05, 4.69) is 0 Å². The Labute approximate surface area is 156 Å². The second kappa shape index (κ2) is 6.84. The predicted molar refractivity (Wildman–Crippen MR) is 96.1 cm³/mol. The van der Waals surface area contributed by atoms with Crippen LogP contribution >= 0.6 is 0 Å². The van der Waals surface area contributed by atoms with Crippen LogP contribution in [0.15, 0.2) is 60.2 Å². The minimum atomic E-state index is -5.00. The van der Waals surface area contributed by atoms with Gasteiger partial charge in [0, 0.05) is 5.56 Å². The van der Waals surface area contributed by atoms with Crippen LogP contribution in [-0.2, 0) is 29.5 Å². The van der Waals surface area contributed by atoms with Crippen LogP contribution in [0.2, 0.25) is 0 Å². The molecule has 0 saturated heterocycles. The predicted octanol–water partition coefficient (Wildman–Crippen LogP) is 2.62. The van der Waals surface area contributed by atoms with Crippen LogP contribution in [-0.4, -0.2) is 14.2 Å². The van der Waals surface area contributed by atoms with E-state index in [1.807, 2.05) is 6.07 Å². The summed E-state index contributed by atoms with van der Waals surface area (Å²) >= 11 is 0. The highest BCUT2D eigenvalue weighted by Gasteiger charge is 2.39. The first-order valence-electron chi connectivity index (χ1n) is 9.20. The molecule has 7 heteroatoms. The van der Waals surface area contributed by atoms with E-state index in [0.717, 1.165) is 11.1 Å². The molecule has 0 radical (unpaired) electrons. The largest absolute Gasteiger partial charge is 0.460 e. The van der Waals surface area contributed by atoms with Gasteiger partial charge in [0.25, 0.3) is 0 Å². The summed E-state index contributed by atoms with van der Waals surface area (Å²) in [6.45, 7) is 3.54. The van der Waals surface area contributed by atoms with Crippen LogP contribution in [0.1, 0.15) is 32.4 Å². The highest BCUT2D eigenvalue weighted by atomic mass is 32.2. The van der Waals surface area contributed by atoms with Crippen LogP contribution in [0.5, 0.6) is 0 Å². The van der Waals surface area contributed by atoms with E-state index >= 15 is 0 Å². The van der Waals surface area contributed by atoms with Crippen molar-refractivity contribution in [3.8, 4) is 0 Å². The van der Waals surface area contributed by atoms with Gasteiger partial charge in [-0.3, -0.25) is 4.79 Å². The maximum absolute atomic E-state index is 12.8. The first kappa shape index (κ1) is 14.4. The first-order valence-corrected chi connectivity index (χ1v) is 9.11. The molecule has 0 amide bonds. The SMILES string of the molecule is [2H]C([2H])(c1ccccc1)S(=O)(=O)OC1=C(N)O[C@@]([2H])(c2cc(C)cc(C)c2)C1=O. The van der Waals surface area contributed by atoms with Crippen LogP contribution in [0.3, 0.4) is 0 Å². The monoisotopic (exact) mass is 376 g/mol. The second-order valence-electron chi connectivity index (χ2n) is 5.84. The molecule has 3 rings (SSSR count). The zero-order valence-electron chi connectivity index (χ0n) is 17.1. The van der Waals surface area contributed by atoms with Gasteiger partial charge in [0.2, 0.25) is 17.4 Å². The summed E-state index contributed by atoms with van der Waals surface area (Å²) in [4.78, 5) is 12.8. The van der Waals surface area contributed by atoms with Crippen LogP contribution < -0.4 is 5.73 Å². The highest BCUT2D eigenvalue weighted by Crippen LogP contribution is 2.33. The van der Waals surface area contributed by atoms with Crippen molar-refractivity contribution < 1.29 is 26.2 Å². The quantitative estimate of drug-likeness (QED) is 0.806.